The second-order valence-corrected chi connectivity index (χ2v) is 6.89. The molecule has 3 rings (SSSR count). The second kappa shape index (κ2) is 9.19. The number of aromatic nitrogens is 2. The minimum absolute atomic E-state index is 0.125. The van der Waals surface area contributed by atoms with Gasteiger partial charge in [-0.1, -0.05) is 0 Å². The maximum Gasteiger partial charge on any atom is 0.410 e. The molecule has 0 spiro atoms. The number of hydrogen-bond acceptors (Lipinski definition) is 7. The smallest absolute Gasteiger partial charge is 0.410 e. The number of nitriles is 1. The second-order valence-electron chi connectivity index (χ2n) is 6.89. The molecule has 1 N–H and O–H groups in total. The van der Waals surface area contributed by atoms with Gasteiger partial charge in [0.05, 0.1) is 23.4 Å². The van der Waals surface area contributed by atoms with Gasteiger partial charge in [0.15, 0.2) is 0 Å². The van der Waals surface area contributed by atoms with E-state index in [4.69, 9.17) is 14.7 Å². The molecule has 0 radical (unpaired) electrons. The number of nitrogens with zero attached hydrogens (tertiary/aromatic N) is 4. The summed E-state index contributed by atoms with van der Waals surface area (Å²) < 4.78 is 25.1. The van der Waals surface area contributed by atoms with E-state index in [1.807, 2.05) is 19.9 Å². The molecule has 1 aromatic heterocycles. The third kappa shape index (κ3) is 5.54. The molecule has 2 aromatic rings. The monoisotopic (exact) mass is 399 g/mol. The third-order valence-corrected chi connectivity index (χ3v) is 4.30. The van der Waals surface area contributed by atoms with Gasteiger partial charge in [-0.15, -0.1) is 0 Å². The molecule has 1 aliphatic heterocycles. The van der Waals surface area contributed by atoms with Crippen molar-refractivity contribution in [2.24, 2.45) is 0 Å². The number of halogens is 1. The van der Waals surface area contributed by atoms with Gasteiger partial charge in [0.25, 0.3) is 0 Å². The summed E-state index contributed by atoms with van der Waals surface area (Å²) in [5.41, 5.74) is 0.439. The summed E-state index contributed by atoms with van der Waals surface area (Å²) in [6.07, 6.45) is 2.20. The molecule has 9 heteroatoms. The van der Waals surface area contributed by atoms with Crippen LogP contribution in [0.1, 0.15) is 32.3 Å². The Labute approximate surface area is 168 Å². The molecule has 8 nitrogen and oxygen atoms in total. The average Bonchev–Trinajstić information content (AvgIpc) is 2.70. The summed E-state index contributed by atoms with van der Waals surface area (Å²) >= 11 is 0. The van der Waals surface area contributed by atoms with Crippen molar-refractivity contribution in [3.05, 3.63) is 41.8 Å². The van der Waals surface area contributed by atoms with Crippen molar-refractivity contribution in [3.63, 3.8) is 0 Å². The van der Waals surface area contributed by atoms with E-state index in [1.165, 1.54) is 18.3 Å². The fraction of sp³-hybridized carbons (Fsp3) is 0.400. The van der Waals surface area contributed by atoms with Crippen LogP contribution in [0.25, 0.3) is 0 Å². The zero-order valence-electron chi connectivity index (χ0n) is 16.3. The van der Waals surface area contributed by atoms with Gasteiger partial charge in [-0.3, -0.25) is 0 Å². The van der Waals surface area contributed by atoms with Crippen molar-refractivity contribution in [1.82, 2.24) is 14.9 Å². The fourth-order valence-electron chi connectivity index (χ4n) is 2.87. The molecule has 1 fully saturated rings. The lowest BCUT2D eigenvalue weighted by atomic mass is 10.1. The number of hydrogen-bond donors (Lipinski definition) is 1. The van der Waals surface area contributed by atoms with Crippen molar-refractivity contribution in [1.29, 1.82) is 5.26 Å². The number of ether oxygens (including phenoxy) is 2. The molecule has 1 aromatic carbocycles. The zero-order chi connectivity index (χ0) is 20.8. The van der Waals surface area contributed by atoms with E-state index in [0.717, 1.165) is 6.07 Å². The predicted octanol–water partition coefficient (Wildman–Crippen LogP) is 3.62. The first-order valence-electron chi connectivity index (χ1n) is 9.36. The summed E-state index contributed by atoms with van der Waals surface area (Å²) in [7, 11) is 0. The normalized spacial score (nSPS) is 14.4. The van der Waals surface area contributed by atoms with Crippen molar-refractivity contribution < 1.29 is 18.7 Å². The SMILES string of the molecule is CC(C)OC(=O)N1CCC(Oc2nccc(Nc3ccc(C#N)cc3F)n2)CC1. The van der Waals surface area contributed by atoms with Crippen LogP contribution in [0.2, 0.25) is 0 Å². The largest absolute Gasteiger partial charge is 0.460 e. The lowest BCUT2D eigenvalue weighted by molar-refractivity contribution is 0.0497. The molecule has 29 heavy (non-hydrogen) atoms. The van der Waals surface area contributed by atoms with Crippen LogP contribution in [-0.2, 0) is 4.74 Å². The van der Waals surface area contributed by atoms with Crippen molar-refractivity contribution in [3.8, 4) is 12.1 Å². The lowest BCUT2D eigenvalue weighted by Crippen LogP contribution is -2.42. The molecule has 1 saturated heterocycles. The van der Waals surface area contributed by atoms with E-state index in [-0.39, 0.29) is 35.6 Å². The van der Waals surface area contributed by atoms with Gasteiger partial charge in [0, 0.05) is 32.1 Å². The van der Waals surface area contributed by atoms with Crippen LogP contribution in [0.5, 0.6) is 6.01 Å². The Bertz CT molecular complexity index is 907. The maximum atomic E-state index is 14.0. The molecule has 0 aliphatic carbocycles. The van der Waals surface area contributed by atoms with Crippen LogP contribution in [-0.4, -0.2) is 46.3 Å². The minimum Gasteiger partial charge on any atom is -0.460 e. The van der Waals surface area contributed by atoms with Gasteiger partial charge in [-0.05, 0) is 38.1 Å². The number of benzene rings is 1. The summed E-state index contributed by atoms with van der Waals surface area (Å²) in [5, 5.41) is 11.7. The van der Waals surface area contributed by atoms with E-state index in [0.29, 0.717) is 31.7 Å². The summed E-state index contributed by atoms with van der Waals surface area (Å²) in [5.74, 6) is -0.178. The Morgan fingerprint density at radius 1 is 1.34 bits per heavy atom. The Morgan fingerprint density at radius 3 is 2.76 bits per heavy atom. The molecule has 0 atom stereocenters. The molecule has 2 heterocycles. The first-order chi connectivity index (χ1) is 13.9. The van der Waals surface area contributed by atoms with Gasteiger partial charge >= 0.3 is 12.1 Å². The Balaban J connectivity index is 1.57. The molecule has 1 aliphatic rings. The lowest BCUT2D eigenvalue weighted by Gasteiger charge is -2.31. The van der Waals surface area contributed by atoms with Crippen LogP contribution in [0.4, 0.5) is 20.7 Å². The van der Waals surface area contributed by atoms with E-state index < -0.39 is 5.82 Å². The van der Waals surface area contributed by atoms with Crippen molar-refractivity contribution in [2.45, 2.75) is 38.9 Å². The summed E-state index contributed by atoms with van der Waals surface area (Å²) in [6.45, 7) is 4.70. The number of rotatable bonds is 5. The first-order valence-corrected chi connectivity index (χ1v) is 9.36. The van der Waals surface area contributed by atoms with Gasteiger partial charge < -0.3 is 19.7 Å². The van der Waals surface area contributed by atoms with Crippen LogP contribution in [0.15, 0.2) is 30.5 Å². The summed E-state index contributed by atoms with van der Waals surface area (Å²) in [6, 6.07) is 7.79. The third-order valence-electron chi connectivity index (χ3n) is 4.30. The number of carbonyl (C=O) groups is 1. The number of piperidine rings is 1. The number of anilines is 2. The van der Waals surface area contributed by atoms with Gasteiger partial charge in [-0.25, -0.2) is 14.2 Å². The fourth-order valence-corrected chi connectivity index (χ4v) is 2.87. The maximum absolute atomic E-state index is 14.0. The predicted molar refractivity (Wildman–Crippen MR) is 103 cm³/mol. The number of amides is 1. The number of nitrogens with one attached hydrogen (secondary N) is 1. The average molecular weight is 399 g/mol. The van der Waals surface area contributed by atoms with Gasteiger partial charge in [-0.2, -0.15) is 10.2 Å². The quantitative estimate of drug-likeness (QED) is 0.819. The molecular formula is C20H22FN5O3. The standard InChI is InChI=1S/C20H22FN5O3/c1-13(2)28-20(27)26-9-6-15(7-10-26)29-19-23-8-5-18(25-19)24-17-4-3-14(12-22)11-16(17)21/h3-5,8,11,13,15H,6-7,9-10H2,1-2H3,(H,23,24,25). The highest BCUT2D eigenvalue weighted by molar-refractivity contribution is 5.67. The van der Waals surface area contributed by atoms with Crippen molar-refractivity contribution in [2.75, 3.05) is 18.4 Å². The Hall–Kier alpha value is -3.41. The van der Waals surface area contributed by atoms with Crippen LogP contribution < -0.4 is 10.1 Å². The molecule has 152 valence electrons. The number of likely N-dealkylation sites (tertiary alicyclic amines) is 1. The minimum atomic E-state index is -0.550. The summed E-state index contributed by atoms with van der Waals surface area (Å²) in [4.78, 5) is 22.0. The highest BCUT2D eigenvalue weighted by Gasteiger charge is 2.26. The Kier molecular flexibility index (Phi) is 6.44. The number of carbonyl (C=O) groups excluding carboxylic acids is 1. The molecule has 1 amide bonds. The van der Waals surface area contributed by atoms with E-state index in [2.05, 4.69) is 15.3 Å². The van der Waals surface area contributed by atoms with E-state index in [9.17, 15) is 9.18 Å². The van der Waals surface area contributed by atoms with Crippen LogP contribution in [0.3, 0.4) is 0 Å². The van der Waals surface area contributed by atoms with Crippen LogP contribution >= 0.6 is 0 Å². The van der Waals surface area contributed by atoms with E-state index in [1.54, 1.807) is 11.0 Å². The van der Waals surface area contributed by atoms with Crippen molar-refractivity contribution >= 4 is 17.6 Å². The molecular weight excluding hydrogens is 377 g/mol. The Morgan fingerprint density at radius 2 is 2.10 bits per heavy atom. The van der Waals surface area contributed by atoms with Gasteiger partial charge in [0.2, 0.25) is 0 Å². The topological polar surface area (TPSA) is 100 Å². The highest BCUT2D eigenvalue weighted by Crippen LogP contribution is 2.22. The van der Waals surface area contributed by atoms with Gasteiger partial charge in [0.1, 0.15) is 17.7 Å². The van der Waals surface area contributed by atoms with Crippen LogP contribution in [0, 0.1) is 17.1 Å². The molecule has 0 bridgehead atoms. The zero-order valence-corrected chi connectivity index (χ0v) is 16.3. The first kappa shape index (κ1) is 20.3. The molecule has 0 unspecified atom stereocenters. The highest BCUT2D eigenvalue weighted by atomic mass is 19.1. The van der Waals surface area contributed by atoms with E-state index >= 15 is 0 Å². The molecule has 0 saturated carbocycles.